The average Bonchev–Trinajstić information content (AvgIpc) is 2.62. The number of carbonyl (C=O) groups excluding carboxylic acids is 1. The number of methoxy groups -OCH3 is 1. The summed E-state index contributed by atoms with van der Waals surface area (Å²) in [5.41, 5.74) is 1.60. The number of hydrogen-bond donors (Lipinski definition) is 1. The molecule has 1 amide bonds. The van der Waals surface area contributed by atoms with Gasteiger partial charge in [0.15, 0.2) is 0 Å². The molecule has 0 heterocycles. The van der Waals surface area contributed by atoms with E-state index in [0.29, 0.717) is 29.6 Å². The molecule has 0 unspecified atom stereocenters. The van der Waals surface area contributed by atoms with Crippen molar-refractivity contribution in [1.82, 2.24) is 5.32 Å². The Morgan fingerprint density at radius 1 is 1.23 bits per heavy atom. The number of carbonyl (C=O) groups is 1. The van der Waals surface area contributed by atoms with E-state index in [-0.39, 0.29) is 11.9 Å². The fourth-order valence-electron chi connectivity index (χ4n) is 2.42. The first kappa shape index (κ1) is 20.6. The molecule has 140 valence electrons. The van der Waals surface area contributed by atoms with E-state index in [0.717, 1.165) is 16.2 Å². The van der Waals surface area contributed by atoms with Gasteiger partial charge in [-0.3, -0.25) is 4.79 Å². The Morgan fingerprint density at radius 3 is 2.62 bits per heavy atom. The smallest absolute Gasteiger partial charge is 0.251 e. The number of ether oxygens (including phenoxy) is 2. The lowest BCUT2D eigenvalue weighted by atomic mass is 10.1. The molecule has 26 heavy (non-hydrogen) atoms. The SMILES string of the molecule is CCOc1ccc(C(=O)N[C@H](C)COC)cc1CSc1ccc(Cl)cc1. The summed E-state index contributed by atoms with van der Waals surface area (Å²) in [5, 5.41) is 3.65. The van der Waals surface area contributed by atoms with Gasteiger partial charge in [0.25, 0.3) is 5.91 Å². The summed E-state index contributed by atoms with van der Waals surface area (Å²) in [4.78, 5) is 13.5. The standard InChI is InChI=1S/C20H24ClNO3S/c1-4-25-19-10-5-15(20(23)22-14(2)12-24-3)11-16(19)13-26-18-8-6-17(21)7-9-18/h5-11,14H,4,12-13H2,1-3H3,(H,22,23)/t14-/m1/s1. The van der Waals surface area contributed by atoms with Crippen molar-refractivity contribution in [2.24, 2.45) is 0 Å². The molecule has 0 saturated carbocycles. The molecule has 0 aliphatic heterocycles. The predicted molar refractivity (Wildman–Crippen MR) is 107 cm³/mol. The number of amides is 1. The van der Waals surface area contributed by atoms with E-state index in [1.54, 1.807) is 24.9 Å². The van der Waals surface area contributed by atoms with Gasteiger partial charge in [0.05, 0.1) is 13.2 Å². The topological polar surface area (TPSA) is 47.6 Å². The van der Waals surface area contributed by atoms with Crippen LogP contribution in [0.25, 0.3) is 0 Å². The van der Waals surface area contributed by atoms with Crippen molar-refractivity contribution >= 4 is 29.3 Å². The highest BCUT2D eigenvalue weighted by atomic mass is 35.5. The highest BCUT2D eigenvalue weighted by molar-refractivity contribution is 7.98. The molecule has 0 fully saturated rings. The second-order valence-corrected chi connectivity index (χ2v) is 7.31. The Hall–Kier alpha value is -1.69. The quantitative estimate of drug-likeness (QED) is 0.622. The van der Waals surface area contributed by atoms with E-state index in [1.807, 2.05) is 50.2 Å². The molecule has 0 aliphatic rings. The molecular weight excluding hydrogens is 370 g/mol. The highest BCUT2D eigenvalue weighted by Gasteiger charge is 2.13. The van der Waals surface area contributed by atoms with Crippen molar-refractivity contribution in [3.05, 3.63) is 58.6 Å². The molecule has 1 atom stereocenters. The Balaban J connectivity index is 2.13. The number of thioether (sulfide) groups is 1. The lowest BCUT2D eigenvalue weighted by Crippen LogP contribution is -2.35. The first-order valence-corrected chi connectivity index (χ1v) is 9.83. The van der Waals surface area contributed by atoms with Gasteiger partial charge in [-0.1, -0.05) is 11.6 Å². The molecule has 2 rings (SSSR count). The predicted octanol–water partition coefficient (Wildman–Crippen LogP) is 4.80. The minimum Gasteiger partial charge on any atom is -0.494 e. The van der Waals surface area contributed by atoms with Crippen molar-refractivity contribution in [3.63, 3.8) is 0 Å². The summed E-state index contributed by atoms with van der Waals surface area (Å²) in [7, 11) is 1.62. The minimum atomic E-state index is -0.115. The van der Waals surface area contributed by atoms with Crippen LogP contribution in [0.4, 0.5) is 0 Å². The summed E-state index contributed by atoms with van der Waals surface area (Å²) in [6.07, 6.45) is 0. The van der Waals surface area contributed by atoms with E-state index in [9.17, 15) is 4.79 Å². The van der Waals surface area contributed by atoms with E-state index in [2.05, 4.69) is 5.32 Å². The molecule has 6 heteroatoms. The maximum atomic E-state index is 12.4. The van der Waals surface area contributed by atoms with Crippen molar-refractivity contribution in [2.45, 2.75) is 30.5 Å². The summed E-state index contributed by atoms with van der Waals surface area (Å²) in [5.74, 6) is 1.39. The number of hydrogen-bond acceptors (Lipinski definition) is 4. The normalized spacial score (nSPS) is 11.8. The molecule has 0 aliphatic carbocycles. The first-order valence-electron chi connectivity index (χ1n) is 8.47. The average molecular weight is 394 g/mol. The molecule has 2 aromatic carbocycles. The lowest BCUT2D eigenvalue weighted by Gasteiger charge is -2.15. The lowest BCUT2D eigenvalue weighted by molar-refractivity contribution is 0.0905. The van der Waals surface area contributed by atoms with Gasteiger partial charge in [-0.25, -0.2) is 0 Å². The third-order valence-corrected chi connectivity index (χ3v) is 4.94. The third kappa shape index (κ3) is 6.24. The van der Waals surface area contributed by atoms with Gasteiger partial charge in [0, 0.05) is 39.9 Å². The molecule has 0 radical (unpaired) electrons. The van der Waals surface area contributed by atoms with E-state index >= 15 is 0 Å². The van der Waals surface area contributed by atoms with Crippen LogP contribution < -0.4 is 10.1 Å². The third-order valence-electron chi connectivity index (χ3n) is 3.62. The Kier molecular flexibility index (Phi) is 8.29. The maximum Gasteiger partial charge on any atom is 0.251 e. The number of halogens is 1. The van der Waals surface area contributed by atoms with Crippen molar-refractivity contribution < 1.29 is 14.3 Å². The van der Waals surface area contributed by atoms with Crippen molar-refractivity contribution in [1.29, 1.82) is 0 Å². The van der Waals surface area contributed by atoms with Crippen LogP contribution >= 0.6 is 23.4 Å². The van der Waals surface area contributed by atoms with Crippen molar-refractivity contribution in [3.8, 4) is 5.75 Å². The van der Waals surface area contributed by atoms with Gasteiger partial charge in [-0.05, 0) is 56.3 Å². The van der Waals surface area contributed by atoms with Crippen LogP contribution in [0.3, 0.4) is 0 Å². The minimum absolute atomic E-state index is 0.0500. The van der Waals surface area contributed by atoms with Crippen LogP contribution in [0.5, 0.6) is 5.75 Å². The zero-order valence-electron chi connectivity index (χ0n) is 15.3. The van der Waals surface area contributed by atoms with Crippen molar-refractivity contribution in [2.75, 3.05) is 20.3 Å². The second kappa shape index (κ2) is 10.5. The van der Waals surface area contributed by atoms with Gasteiger partial charge in [-0.2, -0.15) is 0 Å². The van der Waals surface area contributed by atoms with Gasteiger partial charge < -0.3 is 14.8 Å². The molecule has 0 aromatic heterocycles. The van der Waals surface area contributed by atoms with E-state index in [4.69, 9.17) is 21.1 Å². The monoisotopic (exact) mass is 393 g/mol. The zero-order chi connectivity index (χ0) is 18.9. The van der Waals surface area contributed by atoms with Crippen LogP contribution in [-0.2, 0) is 10.5 Å². The van der Waals surface area contributed by atoms with Gasteiger partial charge >= 0.3 is 0 Å². The van der Waals surface area contributed by atoms with E-state index in [1.165, 1.54) is 0 Å². The van der Waals surface area contributed by atoms with Crippen LogP contribution in [0.15, 0.2) is 47.4 Å². The molecule has 0 bridgehead atoms. The summed E-state index contributed by atoms with van der Waals surface area (Å²) < 4.78 is 10.8. The summed E-state index contributed by atoms with van der Waals surface area (Å²) in [6, 6.07) is 13.2. The maximum absolute atomic E-state index is 12.4. The fraction of sp³-hybridized carbons (Fsp3) is 0.350. The molecule has 4 nitrogen and oxygen atoms in total. The fourth-order valence-corrected chi connectivity index (χ4v) is 3.42. The first-order chi connectivity index (χ1) is 12.5. The molecular formula is C20H24ClNO3S. The zero-order valence-corrected chi connectivity index (χ0v) is 16.8. The van der Waals surface area contributed by atoms with Crippen LogP contribution in [0.1, 0.15) is 29.8 Å². The van der Waals surface area contributed by atoms with Gasteiger partial charge in [0.2, 0.25) is 0 Å². The highest BCUT2D eigenvalue weighted by Crippen LogP contribution is 2.29. The molecule has 2 aromatic rings. The van der Waals surface area contributed by atoms with E-state index < -0.39 is 0 Å². The van der Waals surface area contributed by atoms with Crippen LogP contribution in [0, 0.1) is 0 Å². The number of benzene rings is 2. The second-order valence-electron chi connectivity index (χ2n) is 5.83. The molecule has 0 saturated heterocycles. The Morgan fingerprint density at radius 2 is 1.96 bits per heavy atom. The van der Waals surface area contributed by atoms with Gasteiger partial charge in [-0.15, -0.1) is 11.8 Å². The van der Waals surface area contributed by atoms with Gasteiger partial charge in [0.1, 0.15) is 5.75 Å². The molecule has 0 spiro atoms. The Labute approximate surface area is 164 Å². The number of rotatable bonds is 9. The summed E-state index contributed by atoms with van der Waals surface area (Å²) >= 11 is 7.61. The largest absolute Gasteiger partial charge is 0.494 e. The Bertz CT molecular complexity index is 721. The molecule has 1 N–H and O–H groups in total. The van der Waals surface area contributed by atoms with Crippen LogP contribution in [-0.4, -0.2) is 32.3 Å². The van der Waals surface area contributed by atoms with Crippen LogP contribution in [0.2, 0.25) is 5.02 Å². The summed E-state index contributed by atoms with van der Waals surface area (Å²) in [6.45, 7) is 4.91. The number of nitrogens with one attached hydrogen (secondary N) is 1.